The van der Waals surface area contributed by atoms with Crippen molar-refractivity contribution in [2.45, 2.75) is 0 Å². The number of hydrogen-bond acceptors (Lipinski definition) is 3. The predicted molar refractivity (Wildman–Crippen MR) is 152 cm³/mol. The molecule has 0 atom stereocenters. The van der Waals surface area contributed by atoms with Crippen LogP contribution in [0.15, 0.2) is 114 Å². The van der Waals surface area contributed by atoms with Crippen LogP contribution in [0.2, 0.25) is 10.0 Å². The van der Waals surface area contributed by atoms with Crippen LogP contribution in [-0.2, 0) is 4.74 Å². The molecule has 5 rings (SSSR count). The molecule has 1 heterocycles. The van der Waals surface area contributed by atoms with Gasteiger partial charge in [-0.15, -0.1) is 0 Å². The van der Waals surface area contributed by atoms with E-state index in [1.54, 1.807) is 18.2 Å². The van der Waals surface area contributed by atoms with Crippen molar-refractivity contribution in [1.82, 2.24) is 4.57 Å². The molecule has 5 aromatic rings. The SMILES string of the molecule is COC(=O)c1cc(N=Cc2cc(-c3ccccc3)n(-c3ccc(Cl)cc3)c2-c2ccccc2)ccc1Cl. The van der Waals surface area contributed by atoms with E-state index in [0.717, 1.165) is 33.8 Å². The van der Waals surface area contributed by atoms with Crippen molar-refractivity contribution in [2.24, 2.45) is 4.99 Å². The van der Waals surface area contributed by atoms with Gasteiger partial charge in [0.15, 0.2) is 0 Å². The number of carbonyl (C=O) groups is 1. The van der Waals surface area contributed by atoms with Crippen LogP contribution in [0.3, 0.4) is 0 Å². The molecule has 0 spiro atoms. The highest BCUT2D eigenvalue weighted by atomic mass is 35.5. The van der Waals surface area contributed by atoms with Crippen LogP contribution in [0.25, 0.3) is 28.2 Å². The molecule has 0 bridgehead atoms. The van der Waals surface area contributed by atoms with Gasteiger partial charge in [0, 0.05) is 22.5 Å². The summed E-state index contributed by atoms with van der Waals surface area (Å²) in [6.07, 6.45) is 1.81. The third kappa shape index (κ3) is 5.21. The van der Waals surface area contributed by atoms with Gasteiger partial charge in [0.1, 0.15) is 0 Å². The summed E-state index contributed by atoms with van der Waals surface area (Å²) in [6.45, 7) is 0. The van der Waals surface area contributed by atoms with Gasteiger partial charge in [-0.2, -0.15) is 0 Å². The quantitative estimate of drug-likeness (QED) is 0.165. The van der Waals surface area contributed by atoms with Crippen molar-refractivity contribution in [2.75, 3.05) is 7.11 Å². The molecule has 0 aliphatic heterocycles. The van der Waals surface area contributed by atoms with Gasteiger partial charge in [-0.25, -0.2) is 4.79 Å². The molecule has 6 heteroatoms. The number of rotatable bonds is 6. The van der Waals surface area contributed by atoms with Gasteiger partial charge in [-0.3, -0.25) is 4.99 Å². The topological polar surface area (TPSA) is 43.6 Å². The zero-order valence-corrected chi connectivity index (χ0v) is 21.4. The monoisotopic (exact) mass is 524 g/mol. The molecule has 0 unspecified atom stereocenters. The van der Waals surface area contributed by atoms with Crippen molar-refractivity contribution < 1.29 is 9.53 Å². The Bertz CT molecular complexity index is 1580. The first kappa shape index (κ1) is 24.6. The highest BCUT2D eigenvalue weighted by Crippen LogP contribution is 2.36. The smallest absolute Gasteiger partial charge is 0.339 e. The van der Waals surface area contributed by atoms with Crippen molar-refractivity contribution in [1.29, 1.82) is 0 Å². The minimum absolute atomic E-state index is 0.269. The van der Waals surface area contributed by atoms with E-state index >= 15 is 0 Å². The van der Waals surface area contributed by atoms with E-state index < -0.39 is 5.97 Å². The Morgan fingerprint density at radius 2 is 1.46 bits per heavy atom. The maximum atomic E-state index is 12.1. The third-order valence-electron chi connectivity index (χ3n) is 5.94. The summed E-state index contributed by atoms with van der Waals surface area (Å²) < 4.78 is 7.06. The number of hydrogen-bond donors (Lipinski definition) is 0. The zero-order chi connectivity index (χ0) is 25.8. The van der Waals surface area contributed by atoms with E-state index in [1.165, 1.54) is 7.11 Å². The second kappa shape index (κ2) is 10.9. The van der Waals surface area contributed by atoms with Gasteiger partial charge >= 0.3 is 5.97 Å². The number of carbonyl (C=O) groups excluding carboxylic acids is 1. The average molecular weight is 525 g/mol. The molecule has 0 radical (unpaired) electrons. The second-order valence-electron chi connectivity index (χ2n) is 8.29. The minimum Gasteiger partial charge on any atom is -0.465 e. The molecule has 37 heavy (non-hydrogen) atoms. The summed E-state index contributed by atoms with van der Waals surface area (Å²) in [6, 6.07) is 35.3. The van der Waals surface area contributed by atoms with Gasteiger partial charge in [0.05, 0.1) is 34.8 Å². The maximum Gasteiger partial charge on any atom is 0.339 e. The third-order valence-corrected chi connectivity index (χ3v) is 6.52. The fraction of sp³-hybridized carbons (Fsp3) is 0.0323. The molecule has 0 amide bonds. The average Bonchev–Trinajstić information content (AvgIpc) is 3.33. The van der Waals surface area contributed by atoms with E-state index in [1.807, 2.05) is 66.9 Å². The minimum atomic E-state index is -0.507. The molecule has 0 fully saturated rings. The molecule has 0 aliphatic carbocycles. The van der Waals surface area contributed by atoms with Crippen LogP contribution in [-0.4, -0.2) is 23.9 Å². The molecule has 4 aromatic carbocycles. The summed E-state index contributed by atoms with van der Waals surface area (Å²) in [4.78, 5) is 16.8. The first-order valence-electron chi connectivity index (χ1n) is 11.6. The number of aliphatic imine (C=N–C) groups is 1. The second-order valence-corrected chi connectivity index (χ2v) is 9.13. The van der Waals surface area contributed by atoms with E-state index in [2.05, 4.69) is 34.9 Å². The van der Waals surface area contributed by atoms with E-state index in [0.29, 0.717) is 15.7 Å². The summed E-state index contributed by atoms with van der Waals surface area (Å²) in [5.74, 6) is -0.507. The molecular weight excluding hydrogens is 503 g/mol. The zero-order valence-electron chi connectivity index (χ0n) is 19.9. The van der Waals surface area contributed by atoms with Crippen molar-refractivity contribution >= 4 is 41.1 Å². The van der Waals surface area contributed by atoms with E-state index in [4.69, 9.17) is 32.9 Å². The number of halogens is 2. The molecule has 0 saturated heterocycles. The lowest BCUT2D eigenvalue weighted by Gasteiger charge is -2.15. The Labute approximate surface area is 225 Å². The number of benzene rings is 4. The number of nitrogens with zero attached hydrogens (tertiary/aromatic N) is 2. The standard InChI is InChI=1S/C31H22Cl2N2O2/c1-37-31(36)27-19-25(14-17-28(27)33)34-20-23-18-29(21-8-4-2-5-9-21)35(26-15-12-24(32)13-16-26)30(23)22-10-6-3-7-11-22/h2-20H,1H3. The fourth-order valence-electron chi connectivity index (χ4n) is 4.20. The van der Waals surface area contributed by atoms with Gasteiger partial charge < -0.3 is 9.30 Å². The van der Waals surface area contributed by atoms with Crippen LogP contribution >= 0.6 is 23.2 Å². The van der Waals surface area contributed by atoms with Crippen molar-refractivity contribution in [3.63, 3.8) is 0 Å². The van der Waals surface area contributed by atoms with Crippen LogP contribution in [0.1, 0.15) is 15.9 Å². The lowest BCUT2D eigenvalue weighted by Crippen LogP contribution is -2.01. The Hall–Kier alpha value is -4.12. The van der Waals surface area contributed by atoms with Gasteiger partial charge in [0.25, 0.3) is 0 Å². The number of ether oxygens (including phenoxy) is 1. The molecule has 1 aromatic heterocycles. The van der Waals surface area contributed by atoms with Crippen LogP contribution < -0.4 is 0 Å². The molecule has 4 nitrogen and oxygen atoms in total. The van der Waals surface area contributed by atoms with Gasteiger partial charge in [0.2, 0.25) is 0 Å². The Morgan fingerprint density at radius 1 is 0.811 bits per heavy atom. The van der Waals surface area contributed by atoms with Gasteiger partial charge in [-0.1, -0.05) is 83.9 Å². The highest BCUT2D eigenvalue weighted by molar-refractivity contribution is 6.33. The predicted octanol–water partition coefficient (Wildman–Crippen LogP) is 8.66. The van der Waals surface area contributed by atoms with Crippen LogP contribution in [0, 0.1) is 0 Å². The first-order valence-corrected chi connectivity index (χ1v) is 12.3. The summed E-state index contributed by atoms with van der Waals surface area (Å²) in [5.41, 5.74) is 6.83. The Kier molecular flexibility index (Phi) is 7.22. The van der Waals surface area contributed by atoms with Crippen LogP contribution in [0.5, 0.6) is 0 Å². The summed E-state index contributed by atoms with van der Waals surface area (Å²) in [7, 11) is 1.32. The molecule has 0 saturated carbocycles. The van der Waals surface area contributed by atoms with E-state index in [-0.39, 0.29) is 5.56 Å². The van der Waals surface area contributed by atoms with Crippen molar-refractivity contribution in [3.8, 4) is 28.2 Å². The molecule has 0 aliphatic rings. The largest absolute Gasteiger partial charge is 0.465 e. The van der Waals surface area contributed by atoms with Crippen molar-refractivity contribution in [3.05, 3.63) is 130 Å². The summed E-state index contributed by atoms with van der Waals surface area (Å²) >= 11 is 12.4. The lowest BCUT2D eigenvalue weighted by atomic mass is 10.1. The van der Waals surface area contributed by atoms with Crippen LogP contribution in [0.4, 0.5) is 5.69 Å². The lowest BCUT2D eigenvalue weighted by molar-refractivity contribution is 0.0601. The highest BCUT2D eigenvalue weighted by Gasteiger charge is 2.19. The molecule has 182 valence electrons. The number of methoxy groups -OCH3 is 1. The molecule has 0 N–H and O–H groups in total. The number of aromatic nitrogens is 1. The first-order chi connectivity index (χ1) is 18.0. The summed E-state index contributed by atoms with van der Waals surface area (Å²) in [5, 5.41) is 0.986. The maximum absolute atomic E-state index is 12.1. The fourth-order valence-corrected chi connectivity index (χ4v) is 4.52. The van der Waals surface area contributed by atoms with Gasteiger partial charge in [-0.05, 0) is 59.7 Å². The normalized spacial score (nSPS) is 11.1. The molecular formula is C31H22Cl2N2O2. The Morgan fingerprint density at radius 3 is 2.11 bits per heavy atom. The Balaban J connectivity index is 1.72. The van der Waals surface area contributed by atoms with E-state index in [9.17, 15) is 4.79 Å². The number of esters is 1.